The number of alkyl carbamates (subject to hydrolysis) is 1. The number of hydrogen-bond acceptors (Lipinski definition) is 6. The van der Waals surface area contributed by atoms with Gasteiger partial charge in [0.25, 0.3) is 5.91 Å². The molecule has 1 aliphatic heterocycles. The molecule has 3 rings (SSSR count). The van der Waals surface area contributed by atoms with Crippen molar-refractivity contribution in [1.29, 1.82) is 0 Å². The Kier molecular flexibility index (Phi) is 12.2. The summed E-state index contributed by atoms with van der Waals surface area (Å²) in [6.07, 6.45) is 3.26. The van der Waals surface area contributed by atoms with E-state index in [-0.39, 0.29) is 25.1 Å². The minimum Gasteiger partial charge on any atom is -0.453 e. The number of hydrogen-bond donors (Lipinski definition) is 3. The lowest BCUT2D eigenvalue weighted by Gasteiger charge is -2.24. The van der Waals surface area contributed by atoms with Crippen molar-refractivity contribution < 1.29 is 23.8 Å². The topological polar surface area (TPSA) is 97.9 Å². The van der Waals surface area contributed by atoms with Gasteiger partial charge in [0, 0.05) is 42.9 Å². The normalized spacial score (nSPS) is 17.3. The summed E-state index contributed by atoms with van der Waals surface area (Å²) in [7, 11) is 3.21. The molecule has 0 spiro atoms. The molecule has 1 heterocycles. The zero-order valence-corrected chi connectivity index (χ0v) is 22.4. The zero-order valence-electron chi connectivity index (χ0n) is 21.6. The van der Waals surface area contributed by atoms with Crippen molar-refractivity contribution in [3.8, 4) is 0 Å². The first-order valence-electron chi connectivity index (χ1n) is 12.8. The van der Waals surface area contributed by atoms with Gasteiger partial charge in [-0.1, -0.05) is 42.3 Å². The number of halogens is 1. The van der Waals surface area contributed by atoms with Gasteiger partial charge in [0.05, 0.1) is 13.7 Å². The molecule has 0 radical (unpaired) electrons. The fourth-order valence-electron chi connectivity index (χ4n) is 4.57. The van der Waals surface area contributed by atoms with E-state index in [0.717, 1.165) is 50.0 Å². The number of methoxy groups -OCH3 is 1. The van der Waals surface area contributed by atoms with Gasteiger partial charge in [-0.15, -0.1) is 0 Å². The summed E-state index contributed by atoms with van der Waals surface area (Å²) in [5.41, 5.74) is 2.22. The lowest BCUT2D eigenvalue weighted by Crippen LogP contribution is -2.42. The Bertz CT molecular complexity index is 997. The van der Waals surface area contributed by atoms with E-state index in [9.17, 15) is 9.59 Å². The molecule has 1 fully saturated rings. The molecular weight excluding hydrogens is 494 g/mol. The van der Waals surface area contributed by atoms with Crippen molar-refractivity contribution >= 4 is 23.6 Å². The monoisotopic (exact) mass is 531 g/mol. The Morgan fingerprint density at radius 2 is 1.92 bits per heavy atom. The number of nitrogens with one attached hydrogen (secondary N) is 3. The first-order chi connectivity index (χ1) is 18.0. The van der Waals surface area contributed by atoms with E-state index in [1.807, 2.05) is 43.4 Å². The molecule has 0 bridgehead atoms. The Morgan fingerprint density at radius 3 is 2.68 bits per heavy atom. The fraction of sp³-hybridized carbons (Fsp3) is 0.500. The van der Waals surface area contributed by atoms with E-state index in [1.54, 1.807) is 12.1 Å². The summed E-state index contributed by atoms with van der Waals surface area (Å²) in [6.45, 7) is 2.77. The van der Waals surface area contributed by atoms with Crippen LogP contribution < -0.4 is 16.0 Å². The standard InChI is InChI=1S/C28H38ClN3O5/c1-30-18-25(15-20-7-3-4-13-36-19-20)32-27(33)23-10-5-8-21(16-23)26(22-9-6-11-24(29)17-22)37-14-12-31-28(34)35-2/h5-6,8-11,16-17,20,25-26,30H,3-4,7,12-15,18-19H2,1-2H3,(H,31,34)(H,32,33)/t20-,25+,26?/m1/s1. The first-order valence-corrected chi connectivity index (χ1v) is 13.2. The lowest BCUT2D eigenvalue weighted by molar-refractivity contribution is 0.0803. The minimum atomic E-state index is -0.520. The van der Waals surface area contributed by atoms with E-state index in [4.69, 9.17) is 21.1 Å². The Balaban J connectivity index is 1.73. The highest BCUT2D eigenvalue weighted by Gasteiger charge is 2.22. The highest BCUT2D eigenvalue weighted by atomic mass is 35.5. The maximum absolute atomic E-state index is 13.3. The van der Waals surface area contributed by atoms with Crippen molar-refractivity contribution in [1.82, 2.24) is 16.0 Å². The predicted molar refractivity (Wildman–Crippen MR) is 144 cm³/mol. The predicted octanol–water partition coefficient (Wildman–Crippen LogP) is 4.33. The molecule has 2 aromatic carbocycles. The molecule has 0 saturated carbocycles. The van der Waals surface area contributed by atoms with Crippen LogP contribution in [0.1, 0.15) is 53.3 Å². The number of ether oxygens (including phenoxy) is 3. The number of benzene rings is 2. The van der Waals surface area contributed by atoms with Crippen molar-refractivity contribution in [3.05, 3.63) is 70.2 Å². The van der Waals surface area contributed by atoms with Crippen LogP contribution in [0.5, 0.6) is 0 Å². The molecule has 37 heavy (non-hydrogen) atoms. The average Bonchev–Trinajstić information content (AvgIpc) is 3.17. The molecule has 3 atom stereocenters. The van der Waals surface area contributed by atoms with E-state index in [2.05, 4.69) is 20.7 Å². The van der Waals surface area contributed by atoms with Gasteiger partial charge in [-0.25, -0.2) is 4.79 Å². The number of rotatable bonds is 12. The molecule has 202 valence electrons. The third-order valence-electron chi connectivity index (χ3n) is 6.35. The second-order valence-corrected chi connectivity index (χ2v) is 9.69. The summed E-state index contributed by atoms with van der Waals surface area (Å²) >= 11 is 6.25. The molecule has 3 N–H and O–H groups in total. The second-order valence-electron chi connectivity index (χ2n) is 9.25. The highest BCUT2D eigenvalue weighted by Crippen LogP contribution is 2.28. The van der Waals surface area contributed by atoms with Crippen molar-refractivity contribution in [2.75, 3.05) is 47.1 Å². The number of likely N-dealkylation sites (N-methyl/N-ethyl adjacent to an activating group) is 1. The summed E-state index contributed by atoms with van der Waals surface area (Å²) in [4.78, 5) is 24.7. The van der Waals surface area contributed by atoms with Crippen LogP contribution >= 0.6 is 11.6 Å². The Labute approximate surface area is 224 Å². The number of carbonyl (C=O) groups excluding carboxylic acids is 2. The van der Waals surface area contributed by atoms with Gasteiger partial charge in [-0.3, -0.25) is 4.79 Å². The van der Waals surface area contributed by atoms with Crippen molar-refractivity contribution in [2.24, 2.45) is 5.92 Å². The molecular formula is C28H38ClN3O5. The van der Waals surface area contributed by atoms with Crippen LogP contribution in [-0.2, 0) is 14.2 Å². The summed E-state index contributed by atoms with van der Waals surface area (Å²) in [5.74, 6) is 0.306. The van der Waals surface area contributed by atoms with E-state index < -0.39 is 12.2 Å². The van der Waals surface area contributed by atoms with Crippen LogP contribution in [0.15, 0.2) is 48.5 Å². The molecule has 0 aliphatic carbocycles. The summed E-state index contributed by atoms with van der Waals surface area (Å²) < 4.78 is 16.5. The van der Waals surface area contributed by atoms with E-state index in [1.165, 1.54) is 7.11 Å². The molecule has 1 aliphatic rings. The first kappa shape index (κ1) is 28.9. The quantitative estimate of drug-likeness (QED) is 0.353. The third-order valence-corrected chi connectivity index (χ3v) is 6.59. The van der Waals surface area contributed by atoms with Crippen LogP contribution in [0.2, 0.25) is 5.02 Å². The maximum atomic E-state index is 13.3. The summed E-state index contributed by atoms with van der Waals surface area (Å²) in [5, 5.41) is 9.61. The molecule has 2 amide bonds. The van der Waals surface area contributed by atoms with E-state index >= 15 is 0 Å². The molecule has 1 saturated heterocycles. The highest BCUT2D eigenvalue weighted by molar-refractivity contribution is 6.30. The Hall–Kier alpha value is -2.65. The fourth-order valence-corrected chi connectivity index (χ4v) is 4.77. The van der Waals surface area contributed by atoms with E-state index in [0.29, 0.717) is 23.0 Å². The molecule has 9 heteroatoms. The van der Waals surface area contributed by atoms with Gasteiger partial charge in [0.1, 0.15) is 6.10 Å². The van der Waals surface area contributed by atoms with Gasteiger partial charge in [-0.2, -0.15) is 0 Å². The number of carbonyl (C=O) groups is 2. The summed E-state index contributed by atoms with van der Waals surface area (Å²) in [6, 6.07) is 14.8. The minimum absolute atomic E-state index is 0.00257. The van der Waals surface area contributed by atoms with Crippen LogP contribution in [-0.4, -0.2) is 65.1 Å². The Morgan fingerprint density at radius 1 is 1.14 bits per heavy atom. The second kappa shape index (κ2) is 15.6. The van der Waals surface area contributed by atoms with Gasteiger partial charge in [-0.05, 0) is 67.6 Å². The van der Waals surface area contributed by atoms with Gasteiger partial charge in [0.2, 0.25) is 0 Å². The van der Waals surface area contributed by atoms with Crippen molar-refractivity contribution in [2.45, 2.75) is 37.8 Å². The molecule has 2 aromatic rings. The van der Waals surface area contributed by atoms with Gasteiger partial charge >= 0.3 is 6.09 Å². The smallest absolute Gasteiger partial charge is 0.406 e. The SMILES string of the molecule is CNC[C@H](C[C@H]1CCCCOC1)NC(=O)c1cccc(C(OCCNC(=O)OC)c2cccc(Cl)c2)c1. The largest absolute Gasteiger partial charge is 0.453 e. The van der Waals surface area contributed by atoms with Crippen LogP contribution in [0.4, 0.5) is 4.79 Å². The molecule has 8 nitrogen and oxygen atoms in total. The maximum Gasteiger partial charge on any atom is 0.406 e. The van der Waals surface area contributed by atoms with Crippen LogP contribution in [0.3, 0.4) is 0 Å². The zero-order chi connectivity index (χ0) is 26.5. The van der Waals surface area contributed by atoms with Gasteiger partial charge < -0.3 is 30.2 Å². The lowest BCUT2D eigenvalue weighted by atomic mass is 9.95. The molecule has 0 aromatic heterocycles. The van der Waals surface area contributed by atoms with Crippen LogP contribution in [0.25, 0.3) is 0 Å². The van der Waals surface area contributed by atoms with Crippen molar-refractivity contribution in [3.63, 3.8) is 0 Å². The molecule has 1 unspecified atom stereocenters. The number of amides is 2. The van der Waals surface area contributed by atoms with Gasteiger partial charge in [0.15, 0.2) is 0 Å². The van der Waals surface area contributed by atoms with Crippen LogP contribution in [0, 0.1) is 5.92 Å². The third kappa shape index (κ3) is 9.63. The average molecular weight is 532 g/mol.